The van der Waals surface area contributed by atoms with Crippen LogP contribution in [-0.2, 0) is 17.1 Å². The molecule has 0 unspecified atom stereocenters. The van der Waals surface area contributed by atoms with Crippen LogP contribution in [0.1, 0.15) is 22.8 Å². The number of hydrogen-bond donors (Lipinski definition) is 0. The van der Waals surface area contributed by atoms with Crippen molar-refractivity contribution in [2.45, 2.75) is 27.7 Å². The van der Waals surface area contributed by atoms with Crippen molar-refractivity contribution in [3.05, 3.63) is 101 Å². The van der Waals surface area contributed by atoms with Crippen molar-refractivity contribution >= 4 is 49.6 Å². The van der Waals surface area contributed by atoms with Gasteiger partial charge in [-0.05, 0) is 52.0 Å². The Hall–Kier alpha value is -4.53. The van der Waals surface area contributed by atoms with Gasteiger partial charge in [0.15, 0.2) is 0 Å². The zero-order valence-electron chi connectivity index (χ0n) is 21.4. The number of aryl methyl sites for hydroxylation is 4. The topological polar surface area (TPSA) is 110 Å². The predicted molar refractivity (Wildman–Crippen MR) is 149 cm³/mol. The third kappa shape index (κ3) is 6.42. The molecule has 2 aromatic carbocycles. The fourth-order valence-electron chi connectivity index (χ4n) is 3.95. The van der Waals surface area contributed by atoms with Gasteiger partial charge in [0, 0.05) is 44.3 Å². The summed E-state index contributed by atoms with van der Waals surface area (Å²) in [7, 11) is 0. The Labute approximate surface area is 231 Å². The van der Waals surface area contributed by atoms with E-state index in [1.165, 1.54) is 12.2 Å². The Bertz CT molecular complexity index is 1610. The molecule has 0 N–H and O–H groups in total. The maximum atomic E-state index is 7.43. The van der Waals surface area contributed by atoms with E-state index >= 15 is 0 Å². The van der Waals surface area contributed by atoms with Crippen molar-refractivity contribution < 1.29 is 17.1 Å². The summed E-state index contributed by atoms with van der Waals surface area (Å²) in [5.74, 6) is 0. The largest absolute Gasteiger partial charge is 1.00 e. The molecule has 0 radical (unpaired) electrons. The standard InChI is InChI=1S/2C14H12N2.C2N3.Cu/c2*1-9-3-5-11-7-8-12-6-4-10(2)16-14(12)13(11)15-9;3-1-5-2-4;/h2*3-8H,1-2H3;;/q;;-1;+1. The van der Waals surface area contributed by atoms with E-state index in [1.807, 2.05) is 52.0 Å². The Morgan fingerprint density at radius 1 is 0.526 bits per heavy atom. The van der Waals surface area contributed by atoms with Crippen LogP contribution in [0.25, 0.3) is 49.0 Å². The molecule has 6 rings (SSSR count). The molecule has 0 saturated carbocycles. The minimum absolute atomic E-state index is 0. The fraction of sp³-hybridized carbons (Fsp3) is 0.133. The van der Waals surface area contributed by atoms with Gasteiger partial charge in [-0.1, -0.05) is 48.5 Å². The van der Waals surface area contributed by atoms with Gasteiger partial charge in [0.25, 0.3) is 0 Å². The van der Waals surface area contributed by atoms with Crippen molar-refractivity contribution in [1.82, 2.24) is 19.9 Å². The first kappa shape index (κ1) is 28.0. The minimum Gasteiger partial charge on any atom is -0.422 e. The number of rotatable bonds is 0. The summed E-state index contributed by atoms with van der Waals surface area (Å²) < 4.78 is 0. The summed E-state index contributed by atoms with van der Waals surface area (Å²) >= 11 is 0. The SMILES string of the molecule is Cc1ccc2ccc3ccc(C)nc3c2n1.Cc1ccc2ccc3ccc(C)nc3c2n1.N#CN=C=[N-].[Cu+]. The van der Waals surface area contributed by atoms with Crippen LogP contribution in [0.5, 0.6) is 0 Å². The third-order valence-corrected chi connectivity index (χ3v) is 5.70. The summed E-state index contributed by atoms with van der Waals surface area (Å²) in [5, 5.41) is 19.5. The molecule has 6 aromatic rings. The first-order valence-electron chi connectivity index (χ1n) is 11.6. The molecule has 8 heteroatoms. The summed E-state index contributed by atoms with van der Waals surface area (Å²) in [6.45, 7) is 8.03. The van der Waals surface area contributed by atoms with E-state index in [0.717, 1.165) is 66.4 Å². The Balaban J connectivity index is 0.000000176. The molecule has 190 valence electrons. The van der Waals surface area contributed by atoms with Gasteiger partial charge >= 0.3 is 17.1 Å². The van der Waals surface area contributed by atoms with E-state index < -0.39 is 0 Å². The molecule has 38 heavy (non-hydrogen) atoms. The van der Waals surface area contributed by atoms with Gasteiger partial charge in [0.1, 0.15) is 0 Å². The predicted octanol–water partition coefficient (Wildman–Crippen LogP) is 7.01. The molecule has 0 fully saturated rings. The fourth-order valence-corrected chi connectivity index (χ4v) is 3.95. The number of nitriles is 1. The van der Waals surface area contributed by atoms with Gasteiger partial charge in [-0.25, -0.2) is 0 Å². The second-order valence-electron chi connectivity index (χ2n) is 8.54. The van der Waals surface area contributed by atoms with Crippen molar-refractivity contribution in [1.29, 1.82) is 5.26 Å². The maximum Gasteiger partial charge on any atom is 1.00 e. The van der Waals surface area contributed by atoms with Crippen LogP contribution in [-0.4, -0.2) is 25.9 Å². The van der Waals surface area contributed by atoms with E-state index in [4.69, 9.17) is 10.7 Å². The average molecular weight is 546 g/mol. The first-order chi connectivity index (χ1) is 17.9. The molecular formula is C30H24CuN7. The van der Waals surface area contributed by atoms with E-state index in [-0.39, 0.29) is 17.1 Å². The van der Waals surface area contributed by atoms with Crippen molar-refractivity contribution in [3.63, 3.8) is 0 Å². The molecule has 7 nitrogen and oxygen atoms in total. The van der Waals surface area contributed by atoms with E-state index in [2.05, 4.69) is 73.5 Å². The third-order valence-electron chi connectivity index (χ3n) is 5.70. The molecule has 0 amide bonds. The molecule has 0 atom stereocenters. The molecule has 4 aromatic heterocycles. The molecule has 0 saturated heterocycles. The Morgan fingerprint density at radius 3 is 0.947 bits per heavy atom. The molecule has 0 spiro atoms. The van der Waals surface area contributed by atoms with Gasteiger partial charge in [0.05, 0.1) is 28.3 Å². The minimum atomic E-state index is 0. The summed E-state index contributed by atoms with van der Waals surface area (Å²) in [6, 6.07) is 26.2. The van der Waals surface area contributed by atoms with Crippen molar-refractivity contribution in [2.75, 3.05) is 0 Å². The summed E-state index contributed by atoms with van der Waals surface area (Å²) in [5.41, 5.74) is 8.13. The van der Waals surface area contributed by atoms with Crippen LogP contribution in [0.2, 0.25) is 0 Å². The van der Waals surface area contributed by atoms with Gasteiger partial charge in [-0.3, -0.25) is 19.9 Å². The van der Waals surface area contributed by atoms with E-state index in [1.54, 1.807) is 0 Å². The van der Waals surface area contributed by atoms with Crippen LogP contribution < -0.4 is 0 Å². The van der Waals surface area contributed by atoms with Crippen molar-refractivity contribution in [2.24, 2.45) is 4.99 Å². The van der Waals surface area contributed by atoms with E-state index in [0.29, 0.717) is 0 Å². The van der Waals surface area contributed by atoms with Gasteiger partial charge in [-0.2, -0.15) is 5.26 Å². The number of aromatic nitrogens is 4. The molecule has 0 bridgehead atoms. The van der Waals surface area contributed by atoms with Crippen LogP contribution in [0.15, 0.2) is 77.8 Å². The summed E-state index contributed by atoms with van der Waals surface area (Å²) in [4.78, 5) is 20.9. The van der Waals surface area contributed by atoms with Crippen LogP contribution >= 0.6 is 0 Å². The monoisotopic (exact) mass is 545 g/mol. The normalized spacial score (nSPS) is 9.87. The number of hydrogen-bond acceptors (Lipinski definition) is 6. The molecule has 0 aliphatic rings. The van der Waals surface area contributed by atoms with Crippen molar-refractivity contribution in [3.8, 4) is 6.19 Å². The molecular weight excluding hydrogens is 522 g/mol. The molecule has 0 aliphatic carbocycles. The number of fused-ring (bicyclic) bond motifs is 6. The number of nitrogens with zero attached hydrogens (tertiary/aromatic N) is 7. The second kappa shape index (κ2) is 12.6. The molecule has 4 heterocycles. The van der Waals surface area contributed by atoms with Crippen LogP contribution in [0, 0.1) is 39.1 Å². The zero-order chi connectivity index (χ0) is 26.4. The van der Waals surface area contributed by atoms with Gasteiger partial charge in [-0.15, -0.1) is 6.01 Å². The summed E-state index contributed by atoms with van der Waals surface area (Å²) in [6.07, 6.45) is 1.28. The smallest absolute Gasteiger partial charge is 0.422 e. The van der Waals surface area contributed by atoms with E-state index in [9.17, 15) is 0 Å². The number of pyridine rings is 4. The number of aliphatic imine (C=N–C) groups is 1. The maximum absolute atomic E-state index is 7.43. The average Bonchev–Trinajstić information content (AvgIpc) is 2.90. The van der Waals surface area contributed by atoms with Gasteiger partial charge in [0.2, 0.25) is 0 Å². The van der Waals surface area contributed by atoms with Crippen LogP contribution in [0.4, 0.5) is 0 Å². The first-order valence-corrected chi connectivity index (χ1v) is 11.6. The van der Waals surface area contributed by atoms with Crippen LogP contribution in [0.3, 0.4) is 0 Å². The number of benzene rings is 2. The Morgan fingerprint density at radius 2 is 0.763 bits per heavy atom. The zero-order valence-corrected chi connectivity index (χ0v) is 22.3. The second-order valence-corrected chi connectivity index (χ2v) is 8.54. The quantitative estimate of drug-likeness (QED) is 0.0882. The van der Waals surface area contributed by atoms with Gasteiger partial charge < -0.3 is 10.4 Å². The molecule has 0 aliphatic heterocycles. The Kier molecular flexibility index (Phi) is 9.32.